The molecule has 0 unspecified atom stereocenters. The van der Waals surface area contributed by atoms with Crippen molar-refractivity contribution in [2.24, 2.45) is 0 Å². The van der Waals surface area contributed by atoms with Gasteiger partial charge < -0.3 is 14.7 Å². The predicted molar refractivity (Wildman–Crippen MR) is 94.0 cm³/mol. The van der Waals surface area contributed by atoms with E-state index in [-0.39, 0.29) is 0 Å². The Bertz CT molecular complexity index is 469. The third-order valence-electron chi connectivity index (χ3n) is 4.26. The summed E-state index contributed by atoms with van der Waals surface area (Å²) in [6.45, 7) is 5.55. The lowest BCUT2D eigenvalue weighted by atomic mass is 10.1. The number of hydrogen-bond donors (Lipinski definition) is 0. The summed E-state index contributed by atoms with van der Waals surface area (Å²) in [5.74, 6) is 0.295. The Morgan fingerprint density at radius 1 is 1.14 bits per heavy atom. The number of hydrogen-bond acceptors (Lipinski definition) is 3. The van der Waals surface area contributed by atoms with Crippen LogP contribution in [0.4, 0.5) is 0 Å². The second-order valence-corrected chi connectivity index (χ2v) is 7.03. The van der Waals surface area contributed by atoms with Gasteiger partial charge in [0.2, 0.25) is 5.91 Å². The summed E-state index contributed by atoms with van der Waals surface area (Å²) in [5.41, 5.74) is 1.33. The first-order valence-electron chi connectivity index (χ1n) is 7.94. The summed E-state index contributed by atoms with van der Waals surface area (Å²) in [6.07, 6.45) is 1.65. The first-order valence-corrected chi connectivity index (χ1v) is 8.73. The number of likely N-dealkylation sites (N-methyl/N-ethyl adjacent to an activating group) is 2. The minimum Gasteiger partial charge on any atom is -0.340 e. The number of halogens is 1. The van der Waals surface area contributed by atoms with Crippen LogP contribution in [0.25, 0.3) is 0 Å². The second-order valence-electron chi connectivity index (χ2n) is 6.11. The van der Waals surface area contributed by atoms with E-state index in [9.17, 15) is 4.79 Å². The summed E-state index contributed by atoms with van der Waals surface area (Å²) >= 11 is 3.45. The van der Waals surface area contributed by atoms with Gasteiger partial charge in [-0.25, -0.2) is 0 Å². The quantitative estimate of drug-likeness (QED) is 0.770. The molecule has 1 aromatic rings. The number of carbonyl (C=O) groups excluding carboxylic acids is 1. The summed E-state index contributed by atoms with van der Waals surface area (Å²) in [6, 6.07) is 8.44. The Morgan fingerprint density at radius 2 is 1.77 bits per heavy atom. The highest BCUT2D eigenvalue weighted by Gasteiger charge is 2.18. The van der Waals surface area contributed by atoms with Gasteiger partial charge in [0.05, 0.1) is 0 Å². The van der Waals surface area contributed by atoms with Crippen LogP contribution in [0.2, 0.25) is 0 Å². The Balaban J connectivity index is 1.65. The smallest absolute Gasteiger partial charge is 0.223 e. The Morgan fingerprint density at radius 3 is 2.41 bits per heavy atom. The minimum atomic E-state index is 0.295. The predicted octanol–water partition coefficient (Wildman–Crippen LogP) is 2.09. The molecule has 1 aliphatic rings. The van der Waals surface area contributed by atoms with E-state index in [4.69, 9.17) is 0 Å². The lowest BCUT2D eigenvalue weighted by Crippen LogP contribution is -2.47. The summed E-state index contributed by atoms with van der Waals surface area (Å²) in [5, 5.41) is 0. The van der Waals surface area contributed by atoms with Crippen molar-refractivity contribution in [3.63, 3.8) is 0 Å². The van der Waals surface area contributed by atoms with Crippen LogP contribution in [0.1, 0.15) is 12.0 Å². The molecular formula is C17H26BrN3O. The number of benzene rings is 1. The molecule has 0 aliphatic carbocycles. The molecule has 0 spiro atoms. The maximum absolute atomic E-state index is 12.2. The fourth-order valence-corrected chi connectivity index (χ4v) is 2.85. The lowest BCUT2D eigenvalue weighted by molar-refractivity contribution is -0.133. The highest BCUT2D eigenvalue weighted by molar-refractivity contribution is 9.10. The van der Waals surface area contributed by atoms with Crippen LogP contribution >= 0.6 is 15.9 Å². The zero-order chi connectivity index (χ0) is 15.9. The van der Waals surface area contributed by atoms with Crippen LogP contribution < -0.4 is 0 Å². The van der Waals surface area contributed by atoms with E-state index in [2.05, 4.69) is 64.1 Å². The maximum atomic E-state index is 12.2. The molecule has 1 heterocycles. The van der Waals surface area contributed by atoms with Crippen LogP contribution in [0, 0.1) is 0 Å². The van der Waals surface area contributed by atoms with Gasteiger partial charge in [-0.05, 0) is 38.2 Å². The van der Waals surface area contributed by atoms with E-state index in [0.29, 0.717) is 12.3 Å². The molecule has 1 saturated heterocycles. The molecule has 1 amide bonds. The van der Waals surface area contributed by atoms with Crippen molar-refractivity contribution in [1.82, 2.24) is 14.7 Å². The number of piperazine rings is 1. The normalized spacial score (nSPS) is 16.3. The summed E-state index contributed by atoms with van der Waals surface area (Å²) in [4.78, 5) is 18.7. The van der Waals surface area contributed by atoms with E-state index in [1.54, 1.807) is 0 Å². The second kappa shape index (κ2) is 8.65. The van der Waals surface area contributed by atoms with E-state index < -0.39 is 0 Å². The zero-order valence-corrected chi connectivity index (χ0v) is 15.2. The van der Waals surface area contributed by atoms with Gasteiger partial charge in [0.15, 0.2) is 0 Å². The van der Waals surface area contributed by atoms with E-state index in [1.165, 1.54) is 5.56 Å². The highest BCUT2D eigenvalue weighted by atomic mass is 79.9. The Hall–Kier alpha value is -0.910. The summed E-state index contributed by atoms with van der Waals surface area (Å²) in [7, 11) is 4.20. The Labute approximate surface area is 142 Å². The van der Waals surface area contributed by atoms with E-state index >= 15 is 0 Å². The van der Waals surface area contributed by atoms with E-state index in [0.717, 1.165) is 50.2 Å². The molecule has 1 aliphatic heterocycles. The van der Waals surface area contributed by atoms with Gasteiger partial charge in [0, 0.05) is 50.2 Å². The molecular weight excluding hydrogens is 342 g/mol. The van der Waals surface area contributed by atoms with Gasteiger partial charge in [-0.1, -0.05) is 28.1 Å². The first-order chi connectivity index (χ1) is 10.5. The minimum absolute atomic E-state index is 0.295. The molecule has 22 heavy (non-hydrogen) atoms. The topological polar surface area (TPSA) is 26.8 Å². The average molecular weight is 368 g/mol. The van der Waals surface area contributed by atoms with E-state index in [1.807, 2.05) is 4.90 Å². The monoisotopic (exact) mass is 367 g/mol. The average Bonchev–Trinajstić information content (AvgIpc) is 2.52. The van der Waals surface area contributed by atoms with Crippen LogP contribution in [-0.2, 0) is 11.2 Å². The fourth-order valence-electron chi connectivity index (χ4n) is 2.58. The maximum Gasteiger partial charge on any atom is 0.223 e. The van der Waals surface area contributed by atoms with Crippen molar-refractivity contribution in [3.05, 3.63) is 34.3 Å². The lowest BCUT2D eigenvalue weighted by Gasteiger charge is -2.32. The molecule has 0 saturated carbocycles. The highest BCUT2D eigenvalue weighted by Crippen LogP contribution is 2.11. The third-order valence-corrected chi connectivity index (χ3v) is 4.79. The van der Waals surface area contributed by atoms with Crippen LogP contribution in [-0.4, -0.2) is 74.0 Å². The van der Waals surface area contributed by atoms with Gasteiger partial charge in [0.1, 0.15) is 0 Å². The fraction of sp³-hybridized carbons (Fsp3) is 0.588. The van der Waals surface area contributed by atoms with Gasteiger partial charge in [0.25, 0.3) is 0 Å². The van der Waals surface area contributed by atoms with Gasteiger partial charge in [-0.3, -0.25) is 4.79 Å². The standard InChI is InChI=1S/C17H26BrN3O/c1-19(9-7-15-3-5-16(18)6-4-15)10-8-17(22)21-13-11-20(2)12-14-21/h3-6H,7-14H2,1-2H3. The number of nitrogens with zero attached hydrogens (tertiary/aromatic N) is 3. The van der Waals surface area contributed by atoms with Crippen molar-refractivity contribution in [2.45, 2.75) is 12.8 Å². The largest absolute Gasteiger partial charge is 0.340 e. The van der Waals surface area contributed by atoms with Gasteiger partial charge >= 0.3 is 0 Å². The molecule has 4 nitrogen and oxygen atoms in total. The molecule has 0 radical (unpaired) electrons. The van der Waals surface area contributed by atoms with Crippen molar-refractivity contribution < 1.29 is 4.79 Å². The molecule has 0 atom stereocenters. The van der Waals surface area contributed by atoms with Crippen molar-refractivity contribution >= 4 is 21.8 Å². The van der Waals surface area contributed by atoms with Crippen LogP contribution in [0.15, 0.2) is 28.7 Å². The van der Waals surface area contributed by atoms with Gasteiger partial charge in [-0.15, -0.1) is 0 Å². The van der Waals surface area contributed by atoms with Crippen molar-refractivity contribution in [1.29, 1.82) is 0 Å². The molecule has 122 valence electrons. The molecule has 1 aromatic carbocycles. The molecule has 5 heteroatoms. The molecule has 2 rings (SSSR count). The number of amides is 1. The summed E-state index contributed by atoms with van der Waals surface area (Å²) < 4.78 is 1.11. The molecule has 0 bridgehead atoms. The number of rotatable bonds is 6. The molecule has 0 aromatic heterocycles. The molecule has 1 fully saturated rings. The Kier molecular flexibility index (Phi) is 6.86. The van der Waals surface area contributed by atoms with Gasteiger partial charge in [-0.2, -0.15) is 0 Å². The van der Waals surface area contributed by atoms with Crippen molar-refractivity contribution in [3.8, 4) is 0 Å². The van der Waals surface area contributed by atoms with Crippen molar-refractivity contribution in [2.75, 3.05) is 53.4 Å². The van der Waals surface area contributed by atoms with Crippen LogP contribution in [0.3, 0.4) is 0 Å². The zero-order valence-electron chi connectivity index (χ0n) is 13.6. The molecule has 0 N–H and O–H groups in total. The number of carbonyl (C=O) groups is 1. The third kappa shape index (κ3) is 5.71. The first kappa shape index (κ1) is 17.4. The van der Waals surface area contributed by atoms with Crippen LogP contribution in [0.5, 0.6) is 0 Å². The SMILES string of the molecule is CN(CCC(=O)N1CCN(C)CC1)CCc1ccc(Br)cc1.